The lowest BCUT2D eigenvalue weighted by Gasteiger charge is -2.36. The quantitative estimate of drug-likeness (QED) is 0.228. The summed E-state index contributed by atoms with van der Waals surface area (Å²) < 4.78 is 16.4. The first-order chi connectivity index (χ1) is 19.6. The summed E-state index contributed by atoms with van der Waals surface area (Å²) in [7, 11) is 0. The molecule has 1 aliphatic heterocycles. The number of anilines is 1. The molecule has 4 N–H and O–H groups in total. The fraction of sp³-hybridized carbons (Fsp3) is 0.552. The summed E-state index contributed by atoms with van der Waals surface area (Å²) in [6.45, 7) is 12.9. The van der Waals surface area contributed by atoms with Gasteiger partial charge in [-0.05, 0) is 91.0 Å². The van der Waals surface area contributed by atoms with E-state index in [-0.39, 0.29) is 0 Å². The molecule has 0 saturated carbocycles. The van der Waals surface area contributed by atoms with E-state index in [2.05, 4.69) is 26.1 Å². The number of rotatable bonds is 10. The molecule has 2 atom stereocenters. The van der Waals surface area contributed by atoms with E-state index in [1.165, 1.54) is 6.92 Å². The molecule has 0 radical (unpaired) electrons. The number of alkyl carbamates (subject to hydrolysis) is 1. The third-order valence-corrected chi connectivity index (χ3v) is 6.08. The van der Waals surface area contributed by atoms with Gasteiger partial charge in [0.25, 0.3) is 0 Å². The maximum absolute atomic E-state index is 12.1. The van der Waals surface area contributed by atoms with Gasteiger partial charge >= 0.3 is 18.2 Å². The number of fused-ring (bicyclic) bond motifs is 1. The van der Waals surface area contributed by atoms with Crippen LogP contribution in [0, 0.1) is 0 Å². The van der Waals surface area contributed by atoms with E-state index >= 15 is 0 Å². The molecule has 0 aliphatic carbocycles. The maximum Gasteiger partial charge on any atom is 0.431 e. The summed E-state index contributed by atoms with van der Waals surface area (Å²) >= 11 is 0. The number of carboxylic acid groups (broad SMARTS) is 1. The maximum atomic E-state index is 12.1. The molecule has 3 rings (SSSR count). The minimum atomic E-state index is -1.85. The van der Waals surface area contributed by atoms with Crippen LogP contribution in [0.1, 0.15) is 66.9 Å². The van der Waals surface area contributed by atoms with Crippen LogP contribution in [0.4, 0.5) is 15.5 Å². The summed E-state index contributed by atoms with van der Waals surface area (Å²) in [5.41, 5.74) is 1.51. The first-order valence-corrected chi connectivity index (χ1v) is 13.8. The summed E-state index contributed by atoms with van der Waals surface area (Å²) in [6, 6.07) is 5.56. The van der Waals surface area contributed by atoms with Crippen LogP contribution in [0.3, 0.4) is 0 Å². The van der Waals surface area contributed by atoms with E-state index in [0.717, 1.165) is 16.7 Å². The molecular formula is C29H41N5O8. The van der Waals surface area contributed by atoms with Gasteiger partial charge in [0.2, 0.25) is 11.5 Å². The molecule has 13 nitrogen and oxygen atoms in total. The van der Waals surface area contributed by atoms with Crippen LogP contribution < -0.4 is 20.9 Å². The lowest BCUT2D eigenvalue weighted by Crippen LogP contribution is -2.56. The zero-order valence-electron chi connectivity index (χ0n) is 25.2. The number of carboxylic acids is 1. The van der Waals surface area contributed by atoms with Crippen LogP contribution in [0.2, 0.25) is 0 Å². The zero-order chi connectivity index (χ0) is 31.1. The molecule has 1 aromatic heterocycles. The number of amides is 2. The van der Waals surface area contributed by atoms with Gasteiger partial charge < -0.3 is 30.0 Å². The molecule has 2 unspecified atom stereocenters. The van der Waals surface area contributed by atoms with Gasteiger partial charge in [-0.25, -0.2) is 29.2 Å². The second-order valence-electron chi connectivity index (χ2n) is 12.1. The second-order valence-corrected chi connectivity index (χ2v) is 12.1. The van der Waals surface area contributed by atoms with Crippen molar-refractivity contribution in [2.45, 2.75) is 90.6 Å². The number of hydroxylamine groups is 1. The summed E-state index contributed by atoms with van der Waals surface area (Å²) in [4.78, 5) is 49.9. The van der Waals surface area contributed by atoms with Gasteiger partial charge in [0.15, 0.2) is 0 Å². The molecule has 2 aromatic rings. The van der Waals surface area contributed by atoms with Crippen LogP contribution >= 0.6 is 0 Å². The number of aryl methyl sites for hydroxylation is 1. The highest BCUT2D eigenvalue weighted by molar-refractivity contribution is 5.78. The number of carbonyl (C=O) groups is 3. The summed E-state index contributed by atoms with van der Waals surface area (Å²) in [5, 5.41) is 15.7. The predicted octanol–water partition coefficient (Wildman–Crippen LogP) is 4.46. The number of aliphatic carboxylic acids is 1. The standard InChI is InChI=1S/C29H41N5O8/c1-27(2,3)40-25(37)31-14-8-13-30-24-32-16-20(17-33-24)18-9-11-21-19(15-18)10-12-22(39-21)29(7,23(35)36)42-34-26(38)41-28(4,5)6/h9,11,15-17,22H,8,10,12-14H2,1-7H3,(H,31,37)(H,34,38)(H,35,36)(H,30,32,33). The molecule has 2 heterocycles. The lowest BCUT2D eigenvalue weighted by molar-refractivity contribution is -0.190. The molecule has 42 heavy (non-hydrogen) atoms. The number of nitrogens with one attached hydrogen (secondary N) is 3. The van der Waals surface area contributed by atoms with E-state index in [9.17, 15) is 19.5 Å². The van der Waals surface area contributed by atoms with Crippen LogP contribution in [-0.4, -0.2) is 69.2 Å². The molecule has 1 aliphatic rings. The number of benzene rings is 1. The molecule has 230 valence electrons. The first kappa shape index (κ1) is 32.4. The number of aromatic nitrogens is 2. The Morgan fingerprint density at radius 3 is 2.21 bits per heavy atom. The normalized spacial score (nSPS) is 16.2. The van der Waals surface area contributed by atoms with Gasteiger partial charge in [-0.15, -0.1) is 0 Å². The highest BCUT2D eigenvalue weighted by Gasteiger charge is 2.47. The zero-order valence-corrected chi connectivity index (χ0v) is 25.2. The lowest BCUT2D eigenvalue weighted by atomic mass is 9.90. The summed E-state index contributed by atoms with van der Waals surface area (Å²) in [6.07, 6.45) is 2.75. The molecule has 13 heteroatoms. The Labute approximate surface area is 245 Å². The largest absolute Gasteiger partial charge is 0.486 e. The van der Waals surface area contributed by atoms with Crippen molar-refractivity contribution in [1.82, 2.24) is 20.8 Å². The molecule has 0 saturated heterocycles. The van der Waals surface area contributed by atoms with E-state index in [4.69, 9.17) is 19.0 Å². The topological polar surface area (TPSA) is 170 Å². The van der Waals surface area contributed by atoms with E-state index < -0.39 is 41.1 Å². The van der Waals surface area contributed by atoms with Crippen molar-refractivity contribution >= 4 is 24.1 Å². The third-order valence-electron chi connectivity index (χ3n) is 6.08. The highest BCUT2D eigenvalue weighted by atomic mass is 16.7. The van der Waals surface area contributed by atoms with Crippen LogP contribution in [0.15, 0.2) is 30.6 Å². The van der Waals surface area contributed by atoms with Crippen LogP contribution in [0.5, 0.6) is 5.75 Å². The highest BCUT2D eigenvalue weighted by Crippen LogP contribution is 2.35. The van der Waals surface area contributed by atoms with E-state index in [0.29, 0.717) is 44.0 Å². The van der Waals surface area contributed by atoms with Gasteiger partial charge in [-0.2, -0.15) is 5.48 Å². The Hall–Kier alpha value is -4.13. The van der Waals surface area contributed by atoms with Crippen molar-refractivity contribution < 1.29 is 38.5 Å². The van der Waals surface area contributed by atoms with Crippen molar-refractivity contribution in [2.75, 3.05) is 18.4 Å². The van der Waals surface area contributed by atoms with Crippen molar-refractivity contribution in [3.8, 4) is 16.9 Å². The van der Waals surface area contributed by atoms with Gasteiger partial charge in [0.05, 0.1) is 0 Å². The fourth-order valence-electron chi connectivity index (χ4n) is 4.01. The molecular weight excluding hydrogens is 546 g/mol. The van der Waals surface area contributed by atoms with Crippen LogP contribution in [0.25, 0.3) is 11.1 Å². The number of nitrogens with zero attached hydrogens (tertiary/aromatic N) is 2. The molecule has 0 bridgehead atoms. The number of hydrogen-bond donors (Lipinski definition) is 4. The Kier molecular flexibility index (Phi) is 10.2. The molecule has 0 spiro atoms. The Morgan fingerprint density at radius 2 is 1.60 bits per heavy atom. The molecule has 1 aromatic carbocycles. The third kappa shape index (κ3) is 9.47. The smallest absolute Gasteiger partial charge is 0.431 e. The van der Waals surface area contributed by atoms with Gasteiger partial charge in [0, 0.05) is 31.0 Å². The average Bonchev–Trinajstić information content (AvgIpc) is 2.89. The van der Waals surface area contributed by atoms with Crippen molar-refractivity contribution in [3.63, 3.8) is 0 Å². The van der Waals surface area contributed by atoms with Crippen molar-refractivity contribution in [1.29, 1.82) is 0 Å². The first-order valence-electron chi connectivity index (χ1n) is 13.8. The Balaban J connectivity index is 1.55. The minimum Gasteiger partial charge on any atom is -0.486 e. The Bertz CT molecular complexity index is 1260. The minimum absolute atomic E-state index is 0.345. The number of ether oxygens (including phenoxy) is 3. The van der Waals surface area contributed by atoms with Crippen molar-refractivity contribution in [2.24, 2.45) is 0 Å². The van der Waals surface area contributed by atoms with Crippen LogP contribution in [-0.2, 0) is 25.5 Å². The van der Waals surface area contributed by atoms with Gasteiger partial charge in [-0.3, -0.25) is 0 Å². The fourth-order valence-corrected chi connectivity index (χ4v) is 4.01. The van der Waals surface area contributed by atoms with Gasteiger partial charge in [0.1, 0.15) is 23.1 Å². The summed E-state index contributed by atoms with van der Waals surface area (Å²) in [5.74, 6) is -0.288. The number of hydrogen-bond acceptors (Lipinski definition) is 10. The van der Waals surface area contributed by atoms with Crippen molar-refractivity contribution in [3.05, 3.63) is 36.2 Å². The monoisotopic (exact) mass is 587 g/mol. The second kappa shape index (κ2) is 13.2. The van der Waals surface area contributed by atoms with Gasteiger partial charge in [-0.1, -0.05) is 6.07 Å². The Morgan fingerprint density at radius 1 is 0.952 bits per heavy atom. The molecule has 0 fully saturated rings. The average molecular weight is 588 g/mol. The van der Waals surface area contributed by atoms with E-state index in [1.807, 2.05) is 32.9 Å². The van der Waals surface area contributed by atoms with E-state index in [1.54, 1.807) is 39.2 Å². The molecule has 2 amide bonds. The number of carbonyl (C=O) groups excluding carboxylic acids is 2. The SMILES string of the molecule is CC(C)(C)OC(=O)NCCCNc1ncc(-c2ccc3c(c2)CCC(C(C)(ONC(=O)OC(C)(C)C)C(=O)O)O3)cn1. The predicted molar refractivity (Wildman–Crippen MR) is 154 cm³/mol.